The van der Waals surface area contributed by atoms with Gasteiger partial charge in [0.2, 0.25) is 0 Å². The van der Waals surface area contributed by atoms with Crippen molar-refractivity contribution < 1.29 is 44.3 Å². The fourth-order valence-corrected chi connectivity index (χ4v) is 2.32. The van der Waals surface area contributed by atoms with Crippen LogP contribution in [0, 0.1) is 0 Å². The van der Waals surface area contributed by atoms with Gasteiger partial charge in [-0.25, -0.2) is 0 Å². The van der Waals surface area contributed by atoms with E-state index < -0.39 is 0 Å². The molecule has 0 aliphatic carbocycles. The number of hydrogen-bond donors (Lipinski definition) is 2. The summed E-state index contributed by atoms with van der Waals surface area (Å²) in [5.74, 6) is 0. The van der Waals surface area contributed by atoms with Crippen LogP contribution in [-0.4, -0.2) is 19.6 Å². The molecule has 0 aromatic heterocycles. The second kappa shape index (κ2) is 29.2. The average molecular weight is 393 g/mol. The number of rotatable bonds is 15. The topological polar surface area (TPSA) is 38.0 Å². The SMILES string of the molecule is CCCCCCCCCCCCCCNCCN.[Cl-].[Cl-].[Zn+2]. The van der Waals surface area contributed by atoms with Gasteiger partial charge in [0.1, 0.15) is 0 Å². The maximum atomic E-state index is 5.41. The molecule has 0 spiro atoms. The fraction of sp³-hybridized carbons (Fsp3) is 1.00. The van der Waals surface area contributed by atoms with Crippen LogP contribution in [0.1, 0.15) is 84.0 Å². The Morgan fingerprint density at radius 2 is 1.00 bits per heavy atom. The monoisotopic (exact) mass is 390 g/mol. The molecule has 0 unspecified atom stereocenters. The van der Waals surface area contributed by atoms with Crippen LogP contribution >= 0.6 is 0 Å². The van der Waals surface area contributed by atoms with Gasteiger partial charge in [0.05, 0.1) is 0 Å². The number of hydrogen-bond acceptors (Lipinski definition) is 2. The minimum atomic E-state index is 0. The maximum absolute atomic E-state index is 5.41. The quantitative estimate of drug-likeness (QED) is 0.256. The van der Waals surface area contributed by atoms with Crippen LogP contribution in [-0.2, 0) is 19.5 Å². The van der Waals surface area contributed by atoms with E-state index in [0.717, 1.165) is 19.6 Å². The first kappa shape index (κ1) is 30.1. The molecule has 0 aliphatic heterocycles. The smallest absolute Gasteiger partial charge is 1.00 e. The van der Waals surface area contributed by atoms with Crippen LogP contribution in [0.15, 0.2) is 0 Å². The number of halogens is 2. The number of unbranched alkanes of at least 4 members (excludes halogenated alkanes) is 11. The Kier molecular flexibility index (Phi) is 41.8. The Hall–Kier alpha value is 1.12. The van der Waals surface area contributed by atoms with Crippen LogP contribution in [0.5, 0.6) is 0 Å². The van der Waals surface area contributed by atoms with Gasteiger partial charge in [0.15, 0.2) is 0 Å². The second-order valence-electron chi connectivity index (χ2n) is 5.43. The fourth-order valence-electron chi connectivity index (χ4n) is 2.32. The van der Waals surface area contributed by atoms with Gasteiger partial charge in [0.25, 0.3) is 0 Å². The van der Waals surface area contributed by atoms with E-state index in [9.17, 15) is 0 Å². The molecule has 0 saturated heterocycles. The van der Waals surface area contributed by atoms with E-state index in [0.29, 0.717) is 0 Å². The van der Waals surface area contributed by atoms with E-state index in [1.54, 1.807) is 0 Å². The summed E-state index contributed by atoms with van der Waals surface area (Å²) in [6.07, 6.45) is 17.1. The van der Waals surface area contributed by atoms with Gasteiger partial charge in [0, 0.05) is 13.1 Å². The molecule has 0 aliphatic rings. The first-order chi connectivity index (χ1) is 8.91. The molecule has 0 aromatic rings. The number of nitrogens with two attached hydrogens (primary N) is 1. The minimum Gasteiger partial charge on any atom is -1.00 e. The Balaban J connectivity index is -0.000000482. The van der Waals surface area contributed by atoms with Crippen LogP contribution in [0.2, 0.25) is 0 Å². The second-order valence-corrected chi connectivity index (χ2v) is 5.43. The summed E-state index contributed by atoms with van der Waals surface area (Å²) in [4.78, 5) is 0. The zero-order chi connectivity index (χ0) is 13.3. The third-order valence-corrected chi connectivity index (χ3v) is 3.53. The third-order valence-electron chi connectivity index (χ3n) is 3.53. The van der Waals surface area contributed by atoms with Gasteiger partial charge in [-0.3, -0.25) is 0 Å². The van der Waals surface area contributed by atoms with Crippen molar-refractivity contribution in [3.05, 3.63) is 0 Å². The molecular formula is C16H36Cl2N2Zn. The van der Waals surface area contributed by atoms with Gasteiger partial charge < -0.3 is 35.9 Å². The van der Waals surface area contributed by atoms with Gasteiger partial charge in [-0.2, -0.15) is 0 Å². The van der Waals surface area contributed by atoms with Gasteiger partial charge in [-0.05, 0) is 13.0 Å². The standard InChI is InChI=1S/C16H36N2.2ClH.Zn/c1-2-3-4-5-6-7-8-9-10-11-12-13-15-18-16-14-17;;;/h18H,2-17H2,1H3;2*1H;/q;;;+2/p-2. The molecule has 0 radical (unpaired) electrons. The molecule has 5 heteroatoms. The molecule has 0 atom stereocenters. The van der Waals surface area contributed by atoms with Crippen LogP contribution in [0.3, 0.4) is 0 Å². The minimum absolute atomic E-state index is 0. The molecule has 0 fully saturated rings. The van der Waals surface area contributed by atoms with Crippen molar-refractivity contribution in [3.8, 4) is 0 Å². The summed E-state index contributed by atoms with van der Waals surface area (Å²) in [7, 11) is 0. The summed E-state index contributed by atoms with van der Waals surface area (Å²) in [6.45, 7) is 5.16. The molecule has 0 aromatic carbocycles. The van der Waals surface area contributed by atoms with Gasteiger partial charge >= 0.3 is 19.5 Å². The maximum Gasteiger partial charge on any atom is 2.00 e. The summed E-state index contributed by atoms with van der Waals surface area (Å²) in [5, 5.41) is 3.35. The predicted octanol–water partition coefficient (Wildman–Crippen LogP) is -1.76. The summed E-state index contributed by atoms with van der Waals surface area (Å²) < 4.78 is 0. The molecule has 0 bridgehead atoms. The van der Waals surface area contributed by atoms with Crippen LogP contribution in [0.4, 0.5) is 0 Å². The van der Waals surface area contributed by atoms with E-state index in [1.807, 2.05) is 0 Å². The van der Waals surface area contributed by atoms with E-state index >= 15 is 0 Å². The number of nitrogens with one attached hydrogen (secondary N) is 1. The van der Waals surface area contributed by atoms with E-state index in [1.165, 1.54) is 77.0 Å². The van der Waals surface area contributed by atoms with Crippen molar-refractivity contribution in [2.45, 2.75) is 84.0 Å². The van der Waals surface area contributed by atoms with Crippen molar-refractivity contribution >= 4 is 0 Å². The molecule has 21 heavy (non-hydrogen) atoms. The Bertz CT molecular complexity index is 136. The molecule has 126 valence electrons. The molecule has 0 saturated carbocycles. The Morgan fingerprint density at radius 1 is 0.619 bits per heavy atom. The van der Waals surface area contributed by atoms with Crippen molar-refractivity contribution in [1.82, 2.24) is 5.32 Å². The molecule has 2 nitrogen and oxygen atoms in total. The zero-order valence-corrected chi connectivity index (χ0v) is 18.6. The van der Waals surface area contributed by atoms with E-state index in [2.05, 4.69) is 12.2 Å². The molecule has 0 heterocycles. The van der Waals surface area contributed by atoms with Crippen molar-refractivity contribution in [2.24, 2.45) is 5.73 Å². The zero-order valence-electron chi connectivity index (χ0n) is 14.1. The van der Waals surface area contributed by atoms with Crippen LogP contribution < -0.4 is 35.9 Å². The molecular weight excluding hydrogens is 356 g/mol. The molecule has 3 N–H and O–H groups in total. The van der Waals surface area contributed by atoms with Crippen molar-refractivity contribution in [3.63, 3.8) is 0 Å². The predicted molar refractivity (Wildman–Crippen MR) is 83.0 cm³/mol. The molecule has 0 amide bonds. The van der Waals surface area contributed by atoms with E-state index in [4.69, 9.17) is 5.73 Å². The summed E-state index contributed by atoms with van der Waals surface area (Å²) in [6, 6.07) is 0. The van der Waals surface area contributed by atoms with Crippen LogP contribution in [0.25, 0.3) is 0 Å². The van der Waals surface area contributed by atoms with E-state index in [-0.39, 0.29) is 44.3 Å². The van der Waals surface area contributed by atoms with Gasteiger partial charge in [-0.1, -0.05) is 77.6 Å². The van der Waals surface area contributed by atoms with Gasteiger partial charge in [-0.15, -0.1) is 0 Å². The van der Waals surface area contributed by atoms with Crippen molar-refractivity contribution in [1.29, 1.82) is 0 Å². The first-order valence-electron chi connectivity index (χ1n) is 8.32. The summed E-state index contributed by atoms with van der Waals surface area (Å²) in [5.41, 5.74) is 5.41. The largest absolute Gasteiger partial charge is 2.00 e. The first-order valence-corrected chi connectivity index (χ1v) is 8.32. The summed E-state index contributed by atoms with van der Waals surface area (Å²) >= 11 is 0. The Morgan fingerprint density at radius 3 is 1.38 bits per heavy atom. The Labute approximate surface area is 158 Å². The third kappa shape index (κ3) is 29.7. The molecule has 0 rings (SSSR count). The van der Waals surface area contributed by atoms with Crippen molar-refractivity contribution in [2.75, 3.05) is 19.6 Å². The average Bonchev–Trinajstić information content (AvgIpc) is 2.39. The normalized spacial score (nSPS) is 9.43.